The molecule has 0 unspecified atom stereocenters. The summed E-state index contributed by atoms with van der Waals surface area (Å²) >= 11 is 0. The van der Waals surface area contributed by atoms with Gasteiger partial charge in [0.05, 0.1) is 11.4 Å². The second-order valence-electron chi connectivity index (χ2n) is 5.18. The Kier molecular flexibility index (Phi) is 3.13. The van der Waals surface area contributed by atoms with E-state index in [9.17, 15) is 14.4 Å². The first-order chi connectivity index (χ1) is 10.8. The Morgan fingerprint density at radius 2 is 2.09 bits per heavy atom. The van der Waals surface area contributed by atoms with Gasteiger partial charge >= 0.3 is 6.09 Å². The lowest BCUT2D eigenvalue weighted by Crippen LogP contribution is -2.33. The summed E-state index contributed by atoms with van der Waals surface area (Å²) in [4.78, 5) is 38.9. The zero-order valence-electron chi connectivity index (χ0n) is 12.4. The van der Waals surface area contributed by atoms with Gasteiger partial charge in [-0.1, -0.05) is 0 Å². The number of amides is 2. The van der Waals surface area contributed by atoms with E-state index in [2.05, 4.69) is 15.6 Å². The number of fused-ring (bicyclic) bond motifs is 3. The van der Waals surface area contributed by atoms with E-state index >= 15 is 0 Å². The van der Waals surface area contributed by atoms with Crippen LogP contribution in [0, 0.1) is 5.41 Å². The maximum atomic E-state index is 12.6. The average Bonchev–Trinajstić information content (AvgIpc) is 3.01. The number of allylic oxidation sites excluding steroid dienone is 3. The largest absolute Gasteiger partial charge is 0.465 e. The van der Waals surface area contributed by atoms with Gasteiger partial charge in [-0.15, -0.1) is 0 Å². The van der Waals surface area contributed by atoms with Crippen molar-refractivity contribution in [1.29, 1.82) is 5.41 Å². The van der Waals surface area contributed by atoms with Crippen molar-refractivity contribution in [3.8, 4) is 0 Å². The van der Waals surface area contributed by atoms with Gasteiger partial charge in [0.25, 0.3) is 0 Å². The van der Waals surface area contributed by atoms with E-state index in [-0.39, 0.29) is 58.1 Å². The molecule has 1 aliphatic heterocycles. The van der Waals surface area contributed by atoms with Crippen LogP contribution in [-0.4, -0.2) is 38.2 Å². The van der Waals surface area contributed by atoms with Gasteiger partial charge in [0.2, 0.25) is 11.7 Å². The van der Waals surface area contributed by atoms with Gasteiger partial charge in [-0.3, -0.25) is 20.3 Å². The quantitative estimate of drug-likeness (QED) is 0.629. The van der Waals surface area contributed by atoms with Crippen LogP contribution >= 0.6 is 0 Å². The van der Waals surface area contributed by atoms with Crippen LogP contribution in [0.2, 0.25) is 0 Å². The van der Waals surface area contributed by atoms with Crippen LogP contribution in [0.4, 0.5) is 4.79 Å². The number of ketones is 1. The Bertz CT molecular complexity index is 859. The zero-order valence-corrected chi connectivity index (χ0v) is 12.4. The van der Waals surface area contributed by atoms with Gasteiger partial charge in [0.15, 0.2) is 5.82 Å². The molecule has 1 aromatic heterocycles. The summed E-state index contributed by atoms with van der Waals surface area (Å²) < 4.78 is 1.56. The maximum absolute atomic E-state index is 12.6. The molecule has 2 heterocycles. The van der Waals surface area contributed by atoms with E-state index in [1.165, 1.54) is 13.8 Å². The highest BCUT2D eigenvalue weighted by molar-refractivity contribution is 6.27. The van der Waals surface area contributed by atoms with Gasteiger partial charge in [0, 0.05) is 19.0 Å². The maximum Gasteiger partial charge on any atom is 0.409 e. The van der Waals surface area contributed by atoms with Crippen molar-refractivity contribution in [2.45, 2.75) is 20.4 Å². The predicted octanol–water partition coefficient (Wildman–Crippen LogP) is 0.479. The minimum absolute atomic E-state index is 0.0659. The summed E-state index contributed by atoms with van der Waals surface area (Å²) in [6.45, 7) is 3.11. The molecule has 4 N–H and O–H groups in total. The Labute approximate surface area is 130 Å². The molecule has 0 bridgehead atoms. The fraction of sp³-hybridized carbons (Fsp3) is 0.214. The van der Waals surface area contributed by atoms with Crippen LogP contribution in [0.1, 0.15) is 35.9 Å². The van der Waals surface area contributed by atoms with E-state index in [1.807, 2.05) is 0 Å². The third kappa shape index (κ3) is 2.13. The fourth-order valence-corrected chi connectivity index (χ4v) is 2.67. The number of carboxylic acid groups (broad SMARTS) is 1. The molecule has 9 nitrogen and oxygen atoms in total. The molecule has 1 aromatic rings. The monoisotopic (exact) mass is 315 g/mol. The molecule has 0 saturated heterocycles. The molecule has 0 aromatic carbocycles. The first-order valence-corrected chi connectivity index (χ1v) is 6.74. The number of Topliss-reactive ketones (excluding diaryl/α,β-unsaturated/α-hetero) is 1. The Morgan fingerprint density at radius 1 is 1.39 bits per heavy atom. The van der Waals surface area contributed by atoms with E-state index in [4.69, 9.17) is 10.5 Å². The molecule has 9 heteroatoms. The molecule has 1 aliphatic carbocycles. The van der Waals surface area contributed by atoms with Gasteiger partial charge in [-0.25, -0.2) is 9.78 Å². The summed E-state index contributed by atoms with van der Waals surface area (Å²) in [5.74, 6) is -0.448. The number of nitrogens with zero attached hydrogens (tertiary/aromatic N) is 2. The van der Waals surface area contributed by atoms with E-state index in [0.717, 1.165) is 0 Å². The van der Waals surface area contributed by atoms with Crippen LogP contribution < -0.4 is 10.6 Å². The lowest BCUT2D eigenvalue weighted by Gasteiger charge is -2.18. The molecule has 0 saturated carbocycles. The molecular weight excluding hydrogens is 302 g/mol. The molecule has 0 radical (unpaired) electrons. The van der Waals surface area contributed by atoms with Crippen molar-refractivity contribution in [1.82, 2.24) is 20.2 Å². The number of hydrogen-bond acceptors (Lipinski definition) is 5. The van der Waals surface area contributed by atoms with Crippen molar-refractivity contribution in [2.24, 2.45) is 0 Å². The van der Waals surface area contributed by atoms with Crippen LogP contribution in [0.15, 0.2) is 17.3 Å². The van der Waals surface area contributed by atoms with E-state index in [1.54, 1.807) is 10.6 Å². The molecular formula is C14H13N5O4. The fourth-order valence-electron chi connectivity index (χ4n) is 2.67. The third-order valence-corrected chi connectivity index (χ3v) is 3.65. The number of imidazole rings is 1. The lowest BCUT2D eigenvalue weighted by atomic mass is 9.94. The topological polar surface area (TPSA) is 137 Å². The standard InChI is InChI=1S/C14H13N5O4/c1-5-9(16-6(2)20)8(15)10-11(12(5)21)19-4-3-7(13(19)18-10)17-14(22)23/h3,15,17H,4H2,1-2H3,(H,16,20)(H,22,23). The van der Waals surface area contributed by atoms with Crippen LogP contribution in [0.25, 0.3) is 5.70 Å². The highest BCUT2D eigenvalue weighted by atomic mass is 16.4. The number of rotatable bonds is 2. The molecule has 0 fully saturated rings. The number of carbonyl (C=O) groups is 3. The van der Waals surface area contributed by atoms with Gasteiger partial charge in [0.1, 0.15) is 17.1 Å². The average molecular weight is 315 g/mol. The first kappa shape index (κ1) is 14.7. The van der Waals surface area contributed by atoms with Crippen LogP contribution in [0.5, 0.6) is 0 Å². The Hall–Kier alpha value is -3.23. The highest BCUT2D eigenvalue weighted by Crippen LogP contribution is 2.30. The van der Waals surface area contributed by atoms with Crippen molar-refractivity contribution < 1.29 is 19.5 Å². The highest BCUT2D eigenvalue weighted by Gasteiger charge is 2.36. The second kappa shape index (κ2) is 4.90. The number of nitrogens with one attached hydrogen (secondary N) is 3. The normalized spacial score (nSPS) is 16.0. The van der Waals surface area contributed by atoms with E-state index in [0.29, 0.717) is 0 Å². The predicted molar refractivity (Wildman–Crippen MR) is 79.0 cm³/mol. The molecule has 2 amide bonds. The van der Waals surface area contributed by atoms with Crippen LogP contribution in [-0.2, 0) is 11.3 Å². The Balaban J connectivity index is 2.09. The summed E-state index contributed by atoms with van der Waals surface area (Å²) in [6.07, 6.45) is 0.371. The smallest absolute Gasteiger partial charge is 0.409 e. The summed E-state index contributed by atoms with van der Waals surface area (Å²) in [5.41, 5.74) is 0.950. The molecule has 0 spiro atoms. The lowest BCUT2D eigenvalue weighted by molar-refractivity contribution is -0.118. The minimum Gasteiger partial charge on any atom is -0.465 e. The molecule has 2 aliphatic rings. The second-order valence-corrected chi connectivity index (χ2v) is 5.18. The van der Waals surface area contributed by atoms with Crippen molar-refractivity contribution in [3.63, 3.8) is 0 Å². The first-order valence-electron chi connectivity index (χ1n) is 6.74. The van der Waals surface area contributed by atoms with Crippen molar-refractivity contribution >= 4 is 29.2 Å². The summed E-state index contributed by atoms with van der Waals surface area (Å²) in [7, 11) is 0. The van der Waals surface area contributed by atoms with Gasteiger partial charge < -0.3 is 15.0 Å². The number of hydrogen-bond donors (Lipinski definition) is 4. The number of aromatic nitrogens is 2. The zero-order chi connectivity index (χ0) is 16.9. The molecule has 23 heavy (non-hydrogen) atoms. The molecule has 3 rings (SSSR count). The molecule has 118 valence electrons. The van der Waals surface area contributed by atoms with Crippen molar-refractivity contribution in [2.75, 3.05) is 0 Å². The van der Waals surface area contributed by atoms with Gasteiger partial charge in [-0.05, 0) is 13.0 Å². The SMILES string of the molecule is CC(=O)NC1=C(C)C(=O)c2c(nc3n2CC=C3NC(=O)O)C1=N. The number of carbonyl (C=O) groups excluding carboxylic acids is 2. The summed E-state index contributed by atoms with van der Waals surface area (Å²) in [6, 6.07) is 0. The Morgan fingerprint density at radius 3 is 2.70 bits per heavy atom. The van der Waals surface area contributed by atoms with Crippen molar-refractivity contribution in [3.05, 3.63) is 34.6 Å². The van der Waals surface area contributed by atoms with Crippen LogP contribution in [0.3, 0.4) is 0 Å². The van der Waals surface area contributed by atoms with Gasteiger partial charge in [-0.2, -0.15) is 0 Å². The molecule has 0 atom stereocenters. The minimum atomic E-state index is -1.24. The summed E-state index contributed by atoms with van der Waals surface area (Å²) in [5, 5.41) is 21.7. The third-order valence-electron chi connectivity index (χ3n) is 3.65. The van der Waals surface area contributed by atoms with E-state index < -0.39 is 6.09 Å².